The minimum atomic E-state index is 0.0773. The minimum absolute atomic E-state index is 0.0773. The van der Waals surface area contributed by atoms with Crippen LogP contribution in [0.3, 0.4) is 0 Å². The first kappa shape index (κ1) is 14.3. The number of amides is 1. The Hall–Kier alpha value is -0.650. The van der Waals surface area contributed by atoms with E-state index in [0.717, 1.165) is 52.3 Å². The van der Waals surface area contributed by atoms with Gasteiger partial charge in [0, 0.05) is 39.3 Å². The van der Waals surface area contributed by atoms with E-state index in [0.29, 0.717) is 12.0 Å². The molecule has 1 amide bonds. The van der Waals surface area contributed by atoms with Crippen molar-refractivity contribution in [2.45, 2.75) is 44.2 Å². The molecule has 114 valence electrons. The molecule has 3 rings (SSSR count). The van der Waals surface area contributed by atoms with Gasteiger partial charge in [-0.1, -0.05) is 6.42 Å². The van der Waals surface area contributed by atoms with E-state index < -0.39 is 0 Å². The third kappa shape index (κ3) is 3.51. The zero-order chi connectivity index (χ0) is 13.8. The quantitative estimate of drug-likeness (QED) is 0.816. The van der Waals surface area contributed by atoms with Crippen LogP contribution >= 0.6 is 0 Å². The molecular weight excluding hydrogens is 254 g/mol. The molecule has 3 aliphatic heterocycles. The van der Waals surface area contributed by atoms with E-state index in [4.69, 9.17) is 4.74 Å². The molecule has 3 saturated heterocycles. The molecule has 0 aliphatic carbocycles. The lowest BCUT2D eigenvalue weighted by Crippen LogP contribution is -2.55. The maximum Gasteiger partial charge on any atom is 0.239 e. The van der Waals surface area contributed by atoms with Gasteiger partial charge in [-0.05, 0) is 32.2 Å². The van der Waals surface area contributed by atoms with Crippen LogP contribution in [0, 0.1) is 0 Å². The molecule has 2 atom stereocenters. The van der Waals surface area contributed by atoms with Crippen molar-refractivity contribution in [2.24, 2.45) is 0 Å². The van der Waals surface area contributed by atoms with Crippen molar-refractivity contribution >= 4 is 5.91 Å². The van der Waals surface area contributed by atoms with Gasteiger partial charge >= 0.3 is 0 Å². The van der Waals surface area contributed by atoms with E-state index in [2.05, 4.69) is 15.1 Å². The fourth-order valence-electron chi connectivity index (χ4n) is 3.51. The van der Waals surface area contributed by atoms with E-state index in [1.54, 1.807) is 0 Å². The zero-order valence-corrected chi connectivity index (χ0v) is 12.4. The predicted molar refractivity (Wildman–Crippen MR) is 77.6 cm³/mol. The van der Waals surface area contributed by atoms with Crippen molar-refractivity contribution < 1.29 is 9.53 Å². The molecule has 1 unspecified atom stereocenters. The second kappa shape index (κ2) is 6.87. The fourth-order valence-corrected chi connectivity index (χ4v) is 3.51. The third-order valence-electron chi connectivity index (χ3n) is 4.78. The van der Waals surface area contributed by atoms with Crippen molar-refractivity contribution in [3.05, 3.63) is 0 Å². The number of ether oxygens (including phenoxy) is 1. The van der Waals surface area contributed by atoms with Gasteiger partial charge in [-0.15, -0.1) is 0 Å². The monoisotopic (exact) mass is 281 g/mol. The Morgan fingerprint density at radius 1 is 1.10 bits per heavy atom. The average Bonchev–Trinajstić information content (AvgIpc) is 3.01. The minimum Gasteiger partial charge on any atom is -0.377 e. The molecule has 0 bridgehead atoms. The second-order valence-corrected chi connectivity index (χ2v) is 6.26. The Kier molecular flexibility index (Phi) is 4.91. The number of piperidine rings is 1. The standard InChI is InChI=1S/C15H27N3O2/c19-15(14-5-1-2-6-16-14)18-9-7-17(8-10-18)12-13-4-3-11-20-13/h13-14,16H,1-12H2/t13?,14-/m1/s1. The number of nitrogens with one attached hydrogen (secondary N) is 1. The average molecular weight is 281 g/mol. The largest absolute Gasteiger partial charge is 0.377 e. The molecule has 1 N–H and O–H groups in total. The Labute approximate surface area is 121 Å². The van der Waals surface area contributed by atoms with Crippen molar-refractivity contribution in [2.75, 3.05) is 45.9 Å². The van der Waals surface area contributed by atoms with Gasteiger partial charge in [-0.25, -0.2) is 0 Å². The molecule has 5 heteroatoms. The Morgan fingerprint density at radius 2 is 1.95 bits per heavy atom. The Bertz CT molecular complexity index is 317. The van der Waals surface area contributed by atoms with Gasteiger partial charge in [0.1, 0.15) is 0 Å². The fraction of sp³-hybridized carbons (Fsp3) is 0.933. The Balaban J connectivity index is 1.41. The highest BCUT2D eigenvalue weighted by Gasteiger charge is 2.29. The summed E-state index contributed by atoms with van der Waals surface area (Å²) in [5.41, 5.74) is 0. The normalized spacial score (nSPS) is 32.5. The summed E-state index contributed by atoms with van der Waals surface area (Å²) < 4.78 is 5.69. The van der Waals surface area contributed by atoms with Gasteiger partial charge in [0.2, 0.25) is 5.91 Å². The number of hydrogen-bond acceptors (Lipinski definition) is 4. The highest BCUT2D eigenvalue weighted by atomic mass is 16.5. The first-order chi connectivity index (χ1) is 9.83. The molecule has 0 spiro atoms. The number of nitrogens with zero attached hydrogens (tertiary/aromatic N) is 2. The number of rotatable bonds is 3. The smallest absolute Gasteiger partial charge is 0.239 e. The summed E-state index contributed by atoms with van der Waals surface area (Å²) in [6.45, 7) is 6.72. The second-order valence-electron chi connectivity index (χ2n) is 6.26. The summed E-state index contributed by atoms with van der Waals surface area (Å²) in [4.78, 5) is 16.9. The van der Waals surface area contributed by atoms with Crippen LogP contribution in [0.4, 0.5) is 0 Å². The number of hydrogen-bond donors (Lipinski definition) is 1. The van der Waals surface area contributed by atoms with Crippen LogP contribution in [0.25, 0.3) is 0 Å². The molecule has 0 aromatic rings. The van der Waals surface area contributed by atoms with E-state index in [-0.39, 0.29) is 6.04 Å². The Morgan fingerprint density at radius 3 is 2.60 bits per heavy atom. The van der Waals surface area contributed by atoms with Gasteiger partial charge in [0.15, 0.2) is 0 Å². The summed E-state index contributed by atoms with van der Waals surface area (Å²) in [6, 6.07) is 0.0773. The van der Waals surface area contributed by atoms with Crippen LogP contribution in [0.15, 0.2) is 0 Å². The van der Waals surface area contributed by atoms with Crippen LogP contribution in [0.5, 0.6) is 0 Å². The van der Waals surface area contributed by atoms with Crippen LogP contribution in [-0.2, 0) is 9.53 Å². The molecule has 3 aliphatic rings. The molecule has 0 aromatic carbocycles. The van der Waals surface area contributed by atoms with Crippen molar-refractivity contribution in [3.63, 3.8) is 0 Å². The van der Waals surface area contributed by atoms with Crippen molar-refractivity contribution in [1.82, 2.24) is 15.1 Å². The molecule has 0 radical (unpaired) electrons. The van der Waals surface area contributed by atoms with Gasteiger partial charge in [-0.2, -0.15) is 0 Å². The maximum absolute atomic E-state index is 12.4. The summed E-state index contributed by atoms with van der Waals surface area (Å²) in [5.74, 6) is 0.321. The summed E-state index contributed by atoms with van der Waals surface area (Å²) >= 11 is 0. The van der Waals surface area contributed by atoms with E-state index in [1.165, 1.54) is 25.7 Å². The highest BCUT2D eigenvalue weighted by molar-refractivity contribution is 5.82. The molecular formula is C15H27N3O2. The summed E-state index contributed by atoms with van der Waals surface area (Å²) in [7, 11) is 0. The van der Waals surface area contributed by atoms with Gasteiger partial charge in [-0.3, -0.25) is 9.69 Å². The lowest BCUT2D eigenvalue weighted by atomic mass is 10.0. The van der Waals surface area contributed by atoms with E-state index in [9.17, 15) is 4.79 Å². The molecule has 3 heterocycles. The molecule has 3 fully saturated rings. The number of piperazine rings is 1. The van der Waals surface area contributed by atoms with Crippen LogP contribution in [-0.4, -0.2) is 73.7 Å². The van der Waals surface area contributed by atoms with Crippen LogP contribution in [0.2, 0.25) is 0 Å². The van der Waals surface area contributed by atoms with Crippen molar-refractivity contribution in [3.8, 4) is 0 Å². The van der Waals surface area contributed by atoms with Gasteiger partial charge in [0.05, 0.1) is 12.1 Å². The number of carbonyl (C=O) groups excluding carboxylic acids is 1. The first-order valence-corrected chi connectivity index (χ1v) is 8.19. The van der Waals surface area contributed by atoms with Gasteiger partial charge in [0.25, 0.3) is 0 Å². The first-order valence-electron chi connectivity index (χ1n) is 8.19. The molecule has 20 heavy (non-hydrogen) atoms. The maximum atomic E-state index is 12.4. The topological polar surface area (TPSA) is 44.8 Å². The van der Waals surface area contributed by atoms with E-state index >= 15 is 0 Å². The van der Waals surface area contributed by atoms with Crippen LogP contribution < -0.4 is 5.32 Å². The zero-order valence-electron chi connectivity index (χ0n) is 12.4. The van der Waals surface area contributed by atoms with E-state index in [1.807, 2.05) is 0 Å². The predicted octanol–water partition coefficient (Wildman–Crippen LogP) is 0.452. The van der Waals surface area contributed by atoms with Crippen molar-refractivity contribution in [1.29, 1.82) is 0 Å². The highest BCUT2D eigenvalue weighted by Crippen LogP contribution is 2.15. The lowest BCUT2D eigenvalue weighted by Gasteiger charge is -2.38. The lowest BCUT2D eigenvalue weighted by molar-refractivity contribution is -0.136. The molecule has 0 saturated carbocycles. The third-order valence-corrected chi connectivity index (χ3v) is 4.78. The SMILES string of the molecule is O=C([C@H]1CCCCN1)N1CCN(CC2CCCO2)CC1. The molecule has 0 aromatic heterocycles. The summed E-state index contributed by atoms with van der Waals surface area (Å²) in [5, 5.41) is 3.36. The van der Waals surface area contributed by atoms with Crippen LogP contribution in [0.1, 0.15) is 32.1 Å². The summed E-state index contributed by atoms with van der Waals surface area (Å²) in [6.07, 6.45) is 6.23. The van der Waals surface area contributed by atoms with Gasteiger partial charge < -0.3 is 15.0 Å². The molecule has 5 nitrogen and oxygen atoms in total. The number of carbonyl (C=O) groups is 1.